The maximum atomic E-state index is 14.8. The van der Waals surface area contributed by atoms with Crippen LogP contribution >= 0.6 is 0 Å². The Morgan fingerprint density at radius 2 is 1.95 bits per heavy atom. The third-order valence-electron chi connectivity index (χ3n) is 4.08. The molecule has 0 amide bonds. The predicted molar refractivity (Wildman–Crippen MR) is 74.9 cm³/mol. The highest BCUT2D eigenvalue weighted by atomic mass is 19.1. The molecule has 1 N–H and O–H groups in total. The molecule has 1 aromatic carbocycles. The van der Waals surface area contributed by atoms with E-state index in [-0.39, 0.29) is 12.2 Å². The summed E-state index contributed by atoms with van der Waals surface area (Å²) in [6.07, 6.45) is 3.44. The minimum Gasteiger partial charge on any atom is -0.496 e. The first kappa shape index (κ1) is 14.8. The van der Waals surface area contributed by atoms with Gasteiger partial charge in [0, 0.05) is 11.0 Å². The fourth-order valence-electron chi connectivity index (χ4n) is 3.01. The van der Waals surface area contributed by atoms with Crippen LogP contribution in [0.4, 0.5) is 4.39 Å². The molecule has 0 aromatic heterocycles. The van der Waals surface area contributed by atoms with Crippen LogP contribution in [0, 0.1) is 5.82 Å². The smallest absolute Gasteiger partial charge is 0.304 e. The highest BCUT2D eigenvalue weighted by Crippen LogP contribution is 2.39. The van der Waals surface area contributed by atoms with Gasteiger partial charge in [-0.15, -0.1) is 0 Å². The molecular formula is C16H21FO3. The number of carboxylic acids is 1. The molecule has 1 aromatic rings. The van der Waals surface area contributed by atoms with Crippen LogP contribution in [-0.2, 0) is 23.1 Å². The maximum absolute atomic E-state index is 14.8. The van der Waals surface area contributed by atoms with E-state index in [9.17, 15) is 9.18 Å². The Hall–Kier alpha value is -1.58. The Bertz CT molecular complexity index is 535. The van der Waals surface area contributed by atoms with Gasteiger partial charge in [0.2, 0.25) is 0 Å². The summed E-state index contributed by atoms with van der Waals surface area (Å²) in [5, 5.41) is 9.01. The molecule has 20 heavy (non-hydrogen) atoms. The minimum atomic E-state index is -0.925. The second-order valence-corrected chi connectivity index (χ2v) is 6.06. The Morgan fingerprint density at radius 3 is 2.50 bits per heavy atom. The van der Waals surface area contributed by atoms with Crippen molar-refractivity contribution in [2.75, 3.05) is 7.11 Å². The van der Waals surface area contributed by atoms with Crippen molar-refractivity contribution in [3.63, 3.8) is 0 Å². The van der Waals surface area contributed by atoms with Crippen molar-refractivity contribution in [2.24, 2.45) is 0 Å². The molecule has 0 fully saturated rings. The van der Waals surface area contributed by atoms with E-state index in [2.05, 4.69) is 0 Å². The van der Waals surface area contributed by atoms with Crippen molar-refractivity contribution in [2.45, 2.75) is 51.4 Å². The number of hydrogen-bond donors (Lipinski definition) is 1. The van der Waals surface area contributed by atoms with Gasteiger partial charge in [0.05, 0.1) is 13.5 Å². The fourth-order valence-corrected chi connectivity index (χ4v) is 3.01. The zero-order chi connectivity index (χ0) is 14.9. The molecule has 1 aliphatic rings. The molecule has 0 aliphatic heterocycles. The summed E-state index contributed by atoms with van der Waals surface area (Å²) in [5.74, 6) is -0.479. The molecule has 0 atom stereocenters. The van der Waals surface area contributed by atoms with E-state index in [0.29, 0.717) is 23.3 Å². The molecule has 0 unspecified atom stereocenters. The monoisotopic (exact) mass is 280 g/mol. The molecule has 2 rings (SSSR count). The Kier molecular flexibility index (Phi) is 4.02. The second-order valence-electron chi connectivity index (χ2n) is 6.06. The molecule has 110 valence electrons. The van der Waals surface area contributed by atoms with Gasteiger partial charge in [-0.05, 0) is 42.9 Å². The lowest BCUT2D eigenvalue weighted by molar-refractivity contribution is -0.138. The minimum absolute atomic E-state index is 0.105. The van der Waals surface area contributed by atoms with E-state index < -0.39 is 11.4 Å². The van der Waals surface area contributed by atoms with E-state index in [1.807, 2.05) is 0 Å². The number of carbonyl (C=O) groups is 1. The van der Waals surface area contributed by atoms with Crippen LogP contribution in [0.5, 0.6) is 5.75 Å². The number of aliphatic carboxylic acids is 1. The lowest BCUT2D eigenvalue weighted by Crippen LogP contribution is -2.25. The van der Waals surface area contributed by atoms with Crippen LogP contribution in [-0.4, -0.2) is 18.2 Å². The standard InChI is InChI=1S/C16H21FO3/c1-16(2,9-14(18)19)12-8-13(20-3)10-6-4-5-7-11(10)15(12)17/h8H,4-7,9H2,1-3H3,(H,18,19). The molecule has 0 saturated heterocycles. The highest BCUT2D eigenvalue weighted by Gasteiger charge is 2.31. The third kappa shape index (κ3) is 2.65. The number of fused-ring (bicyclic) bond motifs is 1. The van der Waals surface area contributed by atoms with Crippen LogP contribution in [0.3, 0.4) is 0 Å². The number of rotatable bonds is 4. The maximum Gasteiger partial charge on any atom is 0.304 e. The predicted octanol–water partition coefficient (Wildman–Crippen LogP) is 3.47. The molecule has 0 radical (unpaired) electrons. The first-order valence-corrected chi connectivity index (χ1v) is 6.97. The van der Waals surface area contributed by atoms with Crippen LogP contribution in [0.25, 0.3) is 0 Å². The zero-order valence-electron chi connectivity index (χ0n) is 12.3. The number of hydrogen-bond acceptors (Lipinski definition) is 2. The lowest BCUT2D eigenvalue weighted by Gasteiger charge is -2.28. The van der Waals surface area contributed by atoms with Gasteiger partial charge in [-0.3, -0.25) is 4.79 Å². The molecule has 0 saturated carbocycles. The SMILES string of the molecule is COc1cc(C(C)(C)CC(=O)O)c(F)c2c1CCCC2. The summed E-state index contributed by atoms with van der Waals surface area (Å²) in [5.41, 5.74) is 1.35. The second kappa shape index (κ2) is 5.43. The highest BCUT2D eigenvalue weighted by molar-refractivity contribution is 5.69. The van der Waals surface area contributed by atoms with Gasteiger partial charge in [-0.2, -0.15) is 0 Å². The van der Waals surface area contributed by atoms with E-state index in [1.54, 1.807) is 27.0 Å². The van der Waals surface area contributed by atoms with E-state index in [0.717, 1.165) is 24.8 Å². The van der Waals surface area contributed by atoms with Crippen molar-refractivity contribution < 1.29 is 19.0 Å². The van der Waals surface area contributed by atoms with Gasteiger partial charge in [0.15, 0.2) is 0 Å². The van der Waals surface area contributed by atoms with Crippen molar-refractivity contribution in [3.8, 4) is 5.75 Å². The van der Waals surface area contributed by atoms with Crippen LogP contribution in [0.2, 0.25) is 0 Å². The summed E-state index contributed by atoms with van der Waals surface area (Å²) < 4.78 is 20.2. The number of carboxylic acid groups (broad SMARTS) is 1. The first-order valence-electron chi connectivity index (χ1n) is 6.97. The van der Waals surface area contributed by atoms with Crippen LogP contribution in [0.1, 0.15) is 49.8 Å². The average molecular weight is 280 g/mol. The summed E-state index contributed by atoms with van der Waals surface area (Å²) in [6, 6.07) is 1.68. The molecule has 4 heteroatoms. The van der Waals surface area contributed by atoms with Crippen molar-refractivity contribution in [1.82, 2.24) is 0 Å². The summed E-state index contributed by atoms with van der Waals surface area (Å²) >= 11 is 0. The topological polar surface area (TPSA) is 46.5 Å². The fraction of sp³-hybridized carbons (Fsp3) is 0.562. The summed E-state index contributed by atoms with van der Waals surface area (Å²) in [6.45, 7) is 3.52. The Balaban J connectivity index is 2.57. The van der Waals surface area contributed by atoms with Crippen molar-refractivity contribution in [3.05, 3.63) is 28.6 Å². The number of methoxy groups -OCH3 is 1. The normalized spacial score (nSPS) is 14.8. The Labute approximate surface area is 118 Å². The molecule has 0 bridgehead atoms. The zero-order valence-corrected chi connectivity index (χ0v) is 12.3. The molecule has 3 nitrogen and oxygen atoms in total. The first-order chi connectivity index (χ1) is 9.36. The van der Waals surface area contributed by atoms with E-state index >= 15 is 0 Å². The van der Waals surface area contributed by atoms with Gasteiger partial charge >= 0.3 is 5.97 Å². The van der Waals surface area contributed by atoms with Crippen LogP contribution in [0.15, 0.2) is 6.07 Å². The van der Waals surface area contributed by atoms with Gasteiger partial charge in [0.1, 0.15) is 11.6 Å². The summed E-state index contributed by atoms with van der Waals surface area (Å²) in [4.78, 5) is 11.0. The molecule has 0 spiro atoms. The number of halogens is 1. The van der Waals surface area contributed by atoms with Crippen LogP contribution < -0.4 is 4.74 Å². The van der Waals surface area contributed by atoms with E-state index in [4.69, 9.17) is 9.84 Å². The van der Waals surface area contributed by atoms with Crippen molar-refractivity contribution in [1.29, 1.82) is 0 Å². The quantitative estimate of drug-likeness (QED) is 0.918. The van der Waals surface area contributed by atoms with Gasteiger partial charge in [-0.1, -0.05) is 13.8 Å². The van der Waals surface area contributed by atoms with Gasteiger partial charge in [0.25, 0.3) is 0 Å². The Morgan fingerprint density at radius 1 is 1.35 bits per heavy atom. The largest absolute Gasteiger partial charge is 0.496 e. The number of ether oxygens (including phenoxy) is 1. The van der Waals surface area contributed by atoms with Crippen molar-refractivity contribution >= 4 is 5.97 Å². The molecular weight excluding hydrogens is 259 g/mol. The van der Waals surface area contributed by atoms with Gasteiger partial charge < -0.3 is 9.84 Å². The number of benzene rings is 1. The summed E-state index contributed by atoms with van der Waals surface area (Å²) in [7, 11) is 1.58. The van der Waals surface area contributed by atoms with E-state index in [1.165, 1.54) is 0 Å². The average Bonchev–Trinajstić information content (AvgIpc) is 2.37. The molecule has 0 heterocycles. The van der Waals surface area contributed by atoms with Gasteiger partial charge in [-0.25, -0.2) is 4.39 Å². The third-order valence-corrected chi connectivity index (χ3v) is 4.08. The lowest BCUT2D eigenvalue weighted by atomic mass is 9.77. The molecule has 1 aliphatic carbocycles.